The number of hydrogen-bond acceptors (Lipinski definition) is 3. The van der Waals surface area contributed by atoms with Gasteiger partial charge in [0.2, 0.25) is 11.8 Å². The minimum absolute atomic E-state index is 0.0181. The summed E-state index contributed by atoms with van der Waals surface area (Å²) in [6.45, 7) is 11.2. The van der Waals surface area contributed by atoms with Crippen LogP contribution >= 0.6 is 0 Å². The van der Waals surface area contributed by atoms with Crippen LogP contribution in [-0.2, 0) is 4.79 Å². The van der Waals surface area contributed by atoms with E-state index in [1.54, 1.807) is 19.4 Å². The van der Waals surface area contributed by atoms with Gasteiger partial charge in [-0.1, -0.05) is 34.6 Å². The normalized spacial score (nSPS) is 26.4. The summed E-state index contributed by atoms with van der Waals surface area (Å²) < 4.78 is 5.02. The molecule has 0 bridgehead atoms. The maximum Gasteiger partial charge on any atom is 0.228 e. The van der Waals surface area contributed by atoms with Crippen molar-refractivity contribution in [1.82, 2.24) is 4.98 Å². The second-order valence-electron chi connectivity index (χ2n) is 7.21. The molecule has 4 nitrogen and oxygen atoms in total. The molecule has 0 spiro atoms. The van der Waals surface area contributed by atoms with Crippen molar-refractivity contribution >= 4 is 11.6 Å². The van der Waals surface area contributed by atoms with Gasteiger partial charge in [-0.25, -0.2) is 4.98 Å². The predicted molar refractivity (Wildman–Crippen MR) is 84.3 cm³/mol. The Hall–Kier alpha value is -1.58. The molecule has 1 aromatic heterocycles. The van der Waals surface area contributed by atoms with Gasteiger partial charge in [-0.15, -0.1) is 0 Å². The van der Waals surface area contributed by atoms with Gasteiger partial charge in [0.05, 0.1) is 19.0 Å². The third-order valence-corrected chi connectivity index (χ3v) is 5.88. The van der Waals surface area contributed by atoms with Gasteiger partial charge in [-0.3, -0.25) is 4.79 Å². The van der Waals surface area contributed by atoms with Gasteiger partial charge in [-0.2, -0.15) is 0 Å². The first-order chi connectivity index (χ1) is 9.70. The number of ether oxygens (including phenoxy) is 1. The molecule has 1 amide bonds. The molecule has 1 fully saturated rings. The summed E-state index contributed by atoms with van der Waals surface area (Å²) in [5.41, 5.74) is 0.831. The van der Waals surface area contributed by atoms with E-state index in [2.05, 4.69) is 44.9 Å². The Kier molecular flexibility index (Phi) is 4.00. The van der Waals surface area contributed by atoms with Crippen LogP contribution in [0.4, 0.5) is 5.69 Å². The zero-order valence-electron chi connectivity index (χ0n) is 13.9. The Labute approximate surface area is 127 Å². The van der Waals surface area contributed by atoms with Crippen molar-refractivity contribution in [1.29, 1.82) is 0 Å². The van der Waals surface area contributed by atoms with Crippen LogP contribution in [0.5, 0.6) is 5.88 Å². The van der Waals surface area contributed by atoms with Crippen LogP contribution in [-0.4, -0.2) is 18.0 Å². The third kappa shape index (κ3) is 2.63. The number of nitrogens with one attached hydrogen (secondary N) is 1. The maximum absolute atomic E-state index is 12.6. The molecular formula is C17H26N2O2. The van der Waals surface area contributed by atoms with Gasteiger partial charge in [-0.05, 0) is 29.2 Å². The molecule has 2 rings (SSSR count). The van der Waals surface area contributed by atoms with Crippen molar-refractivity contribution in [3.8, 4) is 5.88 Å². The molecule has 1 heterocycles. The Morgan fingerprint density at radius 2 is 1.95 bits per heavy atom. The van der Waals surface area contributed by atoms with E-state index in [9.17, 15) is 4.79 Å². The number of aromatic nitrogens is 1. The SMILES string of the molecule is COc1ccc(NC(=O)[C@H]2C[C@@H](C)C(C)(C)C2(C)C)cn1. The van der Waals surface area contributed by atoms with E-state index in [1.165, 1.54) is 0 Å². The van der Waals surface area contributed by atoms with Crippen LogP contribution in [0.25, 0.3) is 0 Å². The maximum atomic E-state index is 12.6. The smallest absolute Gasteiger partial charge is 0.228 e. The van der Waals surface area contributed by atoms with Crippen molar-refractivity contribution in [2.45, 2.75) is 41.0 Å². The van der Waals surface area contributed by atoms with Crippen LogP contribution in [0.2, 0.25) is 0 Å². The molecule has 0 unspecified atom stereocenters. The third-order valence-electron chi connectivity index (χ3n) is 5.88. The van der Waals surface area contributed by atoms with Gasteiger partial charge < -0.3 is 10.1 Å². The first kappa shape index (κ1) is 15.8. The van der Waals surface area contributed by atoms with Crippen LogP contribution in [0.1, 0.15) is 41.0 Å². The van der Waals surface area contributed by atoms with E-state index >= 15 is 0 Å². The van der Waals surface area contributed by atoms with Crippen molar-refractivity contribution in [3.05, 3.63) is 18.3 Å². The van der Waals surface area contributed by atoms with Gasteiger partial charge in [0, 0.05) is 12.0 Å². The molecule has 2 atom stereocenters. The van der Waals surface area contributed by atoms with Crippen LogP contribution in [0.15, 0.2) is 18.3 Å². The van der Waals surface area contributed by atoms with Crippen molar-refractivity contribution in [2.24, 2.45) is 22.7 Å². The summed E-state index contributed by atoms with van der Waals surface area (Å²) in [6, 6.07) is 3.57. The van der Waals surface area contributed by atoms with E-state index in [0.29, 0.717) is 17.5 Å². The fourth-order valence-electron chi connectivity index (χ4n) is 3.27. The number of carbonyl (C=O) groups is 1. The van der Waals surface area contributed by atoms with E-state index < -0.39 is 0 Å². The minimum Gasteiger partial charge on any atom is -0.481 e. The lowest BCUT2D eigenvalue weighted by Crippen LogP contribution is -2.38. The number of pyridine rings is 1. The number of amides is 1. The molecule has 1 aromatic rings. The summed E-state index contributed by atoms with van der Waals surface area (Å²) in [5.74, 6) is 1.18. The highest BCUT2D eigenvalue weighted by molar-refractivity contribution is 5.93. The van der Waals surface area contributed by atoms with E-state index in [0.717, 1.165) is 6.42 Å². The lowest BCUT2D eigenvalue weighted by atomic mass is 9.64. The molecule has 116 valence electrons. The number of nitrogens with zero attached hydrogens (tertiary/aromatic N) is 1. The standard InChI is InChI=1S/C17H26N2O2/c1-11-9-13(17(4,5)16(11,2)3)15(20)19-12-7-8-14(21-6)18-10-12/h7-8,10-11,13H,9H2,1-6H3,(H,19,20)/t11-,13-/m1/s1. The second kappa shape index (κ2) is 5.32. The molecule has 0 aromatic carbocycles. The summed E-state index contributed by atoms with van der Waals surface area (Å²) in [7, 11) is 1.57. The fourth-order valence-corrected chi connectivity index (χ4v) is 3.27. The summed E-state index contributed by atoms with van der Waals surface area (Å²) >= 11 is 0. The molecule has 1 N–H and O–H groups in total. The fraction of sp³-hybridized carbons (Fsp3) is 0.647. The monoisotopic (exact) mass is 290 g/mol. The number of carbonyl (C=O) groups excluding carboxylic acids is 1. The Morgan fingerprint density at radius 3 is 2.38 bits per heavy atom. The average Bonchev–Trinajstić information content (AvgIpc) is 2.59. The molecular weight excluding hydrogens is 264 g/mol. The lowest BCUT2D eigenvalue weighted by Gasteiger charge is -2.40. The van der Waals surface area contributed by atoms with E-state index in [4.69, 9.17) is 4.74 Å². The van der Waals surface area contributed by atoms with Crippen LogP contribution in [0.3, 0.4) is 0 Å². The first-order valence-electron chi connectivity index (χ1n) is 7.51. The molecule has 1 aliphatic rings. The molecule has 21 heavy (non-hydrogen) atoms. The number of hydrogen-bond donors (Lipinski definition) is 1. The number of methoxy groups -OCH3 is 1. The quantitative estimate of drug-likeness (QED) is 0.922. The summed E-state index contributed by atoms with van der Waals surface area (Å²) in [5, 5.41) is 2.99. The second-order valence-corrected chi connectivity index (χ2v) is 7.21. The van der Waals surface area contributed by atoms with Gasteiger partial charge >= 0.3 is 0 Å². The highest BCUT2D eigenvalue weighted by atomic mass is 16.5. The molecule has 1 saturated carbocycles. The molecule has 4 heteroatoms. The zero-order valence-corrected chi connectivity index (χ0v) is 13.9. The molecule has 0 saturated heterocycles. The highest BCUT2D eigenvalue weighted by Crippen LogP contribution is 2.58. The van der Waals surface area contributed by atoms with Crippen LogP contribution < -0.4 is 10.1 Å². The average molecular weight is 290 g/mol. The van der Waals surface area contributed by atoms with Gasteiger partial charge in [0.1, 0.15) is 0 Å². The van der Waals surface area contributed by atoms with Crippen LogP contribution in [0, 0.1) is 22.7 Å². The largest absolute Gasteiger partial charge is 0.481 e. The summed E-state index contributed by atoms with van der Waals surface area (Å²) in [6.07, 6.45) is 2.56. The predicted octanol–water partition coefficient (Wildman–Crippen LogP) is 3.74. The Morgan fingerprint density at radius 1 is 1.29 bits per heavy atom. The topological polar surface area (TPSA) is 51.2 Å². The van der Waals surface area contributed by atoms with Crippen molar-refractivity contribution < 1.29 is 9.53 Å². The zero-order chi connectivity index (χ0) is 15.8. The lowest BCUT2D eigenvalue weighted by molar-refractivity contribution is -0.123. The van der Waals surface area contributed by atoms with Crippen molar-refractivity contribution in [2.75, 3.05) is 12.4 Å². The Balaban J connectivity index is 2.13. The number of anilines is 1. The Bertz CT molecular complexity index is 520. The van der Waals surface area contributed by atoms with E-state index in [-0.39, 0.29) is 22.7 Å². The number of rotatable bonds is 3. The molecule has 0 aliphatic heterocycles. The summed E-state index contributed by atoms with van der Waals surface area (Å²) in [4.78, 5) is 16.8. The molecule has 1 aliphatic carbocycles. The highest BCUT2D eigenvalue weighted by Gasteiger charge is 2.55. The molecule has 0 radical (unpaired) electrons. The van der Waals surface area contributed by atoms with Gasteiger partial charge in [0.25, 0.3) is 0 Å². The van der Waals surface area contributed by atoms with Gasteiger partial charge in [0.15, 0.2) is 0 Å². The van der Waals surface area contributed by atoms with E-state index in [1.807, 2.05) is 6.07 Å². The first-order valence-corrected chi connectivity index (χ1v) is 7.51. The minimum atomic E-state index is -0.0314. The van der Waals surface area contributed by atoms with Crippen molar-refractivity contribution in [3.63, 3.8) is 0 Å².